The third kappa shape index (κ3) is 6.08. The molecule has 0 bridgehead atoms. The minimum Gasteiger partial charge on any atom is -0.452 e. The standard InChI is InChI=1S/C22H19FN2O5S2/c1-31-20-8-3-2-7-19(20)24-21(26)14-30-22(27)15-5-4-6-18(13-15)32(28,29)25-17-11-9-16(23)10-12-17/h2-13,25H,14H2,1H3,(H,24,26). The largest absolute Gasteiger partial charge is 0.452 e. The van der Waals surface area contributed by atoms with E-state index in [2.05, 4.69) is 10.0 Å². The zero-order valence-corrected chi connectivity index (χ0v) is 18.5. The van der Waals surface area contributed by atoms with Gasteiger partial charge in [0.2, 0.25) is 0 Å². The molecule has 0 aromatic heterocycles. The minimum absolute atomic E-state index is 0.0377. The SMILES string of the molecule is CSc1ccccc1NC(=O)COC(=O)c1cccc(S(=O)(=O)Nc2ccc(F)cc2)c1. The molecular formula is C22H19FN2O5S2. The molecule has 7 nitrogen and oxygen atoms in total. The molecule has 10 heteroatoms. The Hall–Kier alpha value is -3.37. The number of sulfonamides is 1. The summed E-state index contributed by atoms with van der Waals surface area (Å²) in [5.41, 5.74) is 0.729. The third-order valence-corrected chi connectivity index (χ3v) is 6.37. The molecule has 2 N–H and O–H groups in total. The van der Waals surface area contributed by atoms with Crippen LogP contribution in [0.5, 0.6) is 0 Å². The van der Waals surface area contributed by atoms with E-state index in [1.807, 2.05) is 18.4 Å². The Balaban J connectivity index is 1.64. The lowest BCUT2D eigenvalue weighted by molar-refractivity contribution is -0.119. The number of hydrogen-bond donors (Lipinski definition) is 2. The monoisotopic (exact) mass is 474 g/mol. The molecule has 3 rings (SSSR count). The van der Waals surface area contributed by atoms with Gasteiger partial charge >= 0.3 is 5.97 Å². The van der Waals surface area contributed by atoms with Crippen LogP contribution in [0.15, 0.2) is 82.6 Å². The first-order valence-corrected chi connectivity index (χ1v) is 12.0. The minimum atomic E-state index is -4.02. The summed E-state index contributed by atoms with van der Waals surface area (Å²) in [5, 5.41) is 2.67. The van der Waals surface area contributed by atoms with Crippen molar-refractivity contribution in [2.75, 3.05) is 22.9 Å². The van der Waals surface area contributed by atoms with Crippen LogP contribution in [-0.4, -0.2) is 33.2 Å². The van der Waals surface area contributed by atoms with E-state index < -0.39 is 34.3 Å². The number of esters is 1. The summed E-state index contributed by atoms with van der Waals surface area (Å²) in [4.78, 5) is 25.2. The zero-order valence-electron chi connectivity index (χ0n) is 16.9. The number of rotatable bonds is 8. The fourth-order valence-electron chi connectivity index (χ4n) is 2.67. The number of anilines is 2. The Bertz CT molecular complexity index is 1230. The highest BCUT2D eigenvalue weighted by Gasteiger charge is 2.18. The van der Waals surface area contributed by atoms with E-state index in [1.54, 1.807) is 12.1 Å². The lowest BCUT2D eigenvalue weighted by atomic mass is 10.2. The Kier molecular flexibility index (Phi) is 7.49. The Morgan fingerprint density at radius 3 is 2.44 bits per heavy atom. The maximum Gasteiger partial charge on any atom is 0.338 e. The molecule has 0 radical (unpaired) electrons. The van der Waals surface area contributed by atoms with Gasteiger partial charge in [-0.25, -0.2) is 17.6 Å². The molecule has 0 unspecified atom stereocenters. The van der Waals surface area contributed by atoms with Crippen LogP contribution in [0, 0.1) is 5.82 Å². The van der Waals surface area contributed by atoms with Crippen molar-refractivity contribution in [1.29, 1.82) is 0 Å². The number of carbonyl (C=O) groups is 2. The van der Waals surface area contributed by atoms with Crippen LogP contribution in [0.25, 0.3) is 0 Å². The first kappa shape index (κ1) is 23.3. The van der Waals surface area contributed by atoms with Crippen molar-refractivity contribution < 1.29 is 27.1 Å². The number of hydrogen-bond acceptors (Lipinski definition) is 6. The number of carbonyl (C=O) groups excluding carboxylic acids is 2. The summed E-state index contributed by atoms with van der Waals surface area (Å²) in [5.74, 6) is -1.88. The molecule has 0 aliphatic heterocycles. The van der Waals surface area contributed by atoms with Gasteiger partial charge in [0.05, 0.1) is 16.1 Å². The summed E-state index contributed by atoms with van der Waals surface area (Å²) in [7, 11) is -4.02. The van der Waals surface area contributed by atoms with Gasteiger partial charge in [-0.3, -0.25) is 9.52 Å². The summed E-state index contributed by atoms with van der Waals surface area (Å²) >= 11 is 1.46. The van der Waals surface area contributed by atoms with E-state index in [1.165, 1.54) is 42.1 Å². The lowest BCUT2D eigenvalue weighted by Crippen LogP contribution is -2.21. The van der Waals surface area contributed by atoms with Crippen LogP contribution < -0.4 is 10.0 Å². The number of ether oxygens (including phenoxy) is 1. The van der Waals surface area contributed by atoms with Gasteiger partial charge in [-0.1, -0.05) is 18.2 Å². The van der Waals surface area contributed by atoms with Gasteiger partial charge in [-0.15, -0.1) is 11.8 Å². The first-order chi connectivity index (χ1) is 15.3. The highest BCUT2D eigenvalue weighted by molar-refractivity contribution is 7.98. The molecule has 0 saturated heterocycles. The topological polar surface area (TPSA) is 102 Å². The summed E-state index contributed by atoms with van der Waals surface area (Å²) in [6.07, 6.45) is 1.87. The molecule has 0 fully saturated rings. The second-order valence-corrected chi connectivity index (χ2v) is 9.00. The molecule has 3 aromatic carbocycles. The second kappa shape index (κ2) is 10.3. The molecule has 32 heavy (non-hydrogen) atoms. The zero-order chi connectivity index (χ0) is 23.1. The van der Waals surface area contributed by atoms with E-state index in [-0.39, 0.29) is 16.1 Å². The lowest BCUT2D eigenvalue weighted by Gasteiger charge is -2.11. The van der Waals surface area contributed by atoms with Crippen LogP contribution in [0.1, 0.15) is 10.4 Å². The quantitative estimate of drug-likeness (QED) is 0.376. The highest BCUT2D eigenvalue weighted by Crippen LogP contribution is 2.24. The molecule has 0 atom stereocenters. The van der Waals surface area contributed by atoms with Crippen molar-refractivity contribution >= 4 is 45.0 Å². The van der Waals surface area contributed by atoms with Crippen LogP contribution >= 0.6 is 11.8 Å². The molecule has 1 amide bonds. The van der Waals surface area contributed by atoms with Crippen LogP contribution in [0.4, 0.5) is 15.8 Å². The average Bonchev–Trinajstić information content (AvgIpc) is 2.79. The highest BCUT2D eigenvalue weighted by atomic mass is 32.2. The molecule has 0 saturated carbocycles. The summed E-state index contributed by atoms with van der Waals surface area (Å²) < 4.78 is 45.5. The predicted molar refractivity (Wildman–Crippen MR) is 121 cm³/mol. The first-order valence-electron chi connectivity index (χ1n) is 9.27. The van der Waals surface area contributed by atoms with E-state index in [0.29, 0.717) is 5.69 Å². The van der Waals surface area contributed by atoms with E-state index in [4.69, 9.17) is 4.74 Å². The van der Waals surface area contributed by atoms with Crippen LogP contribution in [0.3, 0.4) is 0 Å². The number of halogens is 1. The van der Waals surface area contributed by atoms with E-state index in [0.717, 1.165) is 23.1 Å². The molecule has 3 aromatic rings. The Morgan fingerprint density at radius 1 is 1.00 bits per heavy atom. The normalized spacial score (nSPS) is 10.9. The van der Waals surface area contributed by atoms with Crippen LogP contribution in [-0.2, 0) is 19.6 Å². The van der Waals surface area contributed by atoms with Gasteiger partial charge in [0.25, 0.3) is 15.9 Å². The van der Waals surface area contributed by atoms with Gasteiger partial charge in [-0.2, -0.15) is 0 Å². The molecule has 0 aliphatic rings. The molecule has 166 valence electrons. The number of thioether (sulfide) groups is 1. The number of nitrogens with one attached hydrogen (secondary N) is 2. The van der Waals surface area contributed by atoms with Gasteiger partial charge in [0.15, 0.2) is 6.61 Å². The Morgan fingerprint density at radius 2 is 1.72 bits per heavy atom. The van der Waals surface area contributed by atoms with Gasteiger partial charge in [0.1, 0.15) is 5.82 Å². The van der Waals surface area contributed by atoms with Gasteiger partial charge in [-0.05, 0) is 60.9 Å². The second-order valence-electron chi connectivity index (χ2n) is 6.46. The van der Waals surface area contributed by atoms with E-state index >= 15 is 0 Å². The maximum atomic E-state index is 13.0. The van der Waals surface area contributed by atoms with Crippen molar-refractivity contribution in [3.05, 3.63) is 84.2 Å². The maximum absolute atomic E-state index is 13.0. The smallest absolute Gasteiger partial charge is 0.338 e. The fourth-order valence-corrected chi connectivity index (χ4v) is 4.33. The summed E-state index contributed by atoms with van der Waals surface area (Å²) in [6, 6.07) is 17.2. The van der Waals surface area contributed by atoms with Crippen LogP contribution in [0.2, 0.25) is 0 Å². The van der Waals surface area contributed by atoms with Crippen molar-refractivity contribution in [3.63, 3.8) is 0 Å². The molecule has 0 spiro atoms. The van der Waals surface area contributed by atoms with Crippen molar-refractivity contribution in [2.45, 2.75) is 9.79 Å². The van der Waals surface area contributed by atoms with Crippen molar-refractivity contribution in [1.82, 2.24) is 0 Å². The number of para-hydroxylation sites is 1. The number of benzene rings is 3. The molecular weight excluding hydrogens is 455 g/mol. The fraction of sp³-hybridized carbons (Fsp3) is 0.0909. The Labute approximate surface area is 189 Å². The number of amides is 1. The average molecular weight is 475 g/mol. The van der Waals surface area contributed by atoms with Crippen molar-refractivity contribution in [2.24, 2.45) is 0 Å². The predicted octanol–water partition coefficient (Wildman–Crippen LogP) is 4.14. The van der Waals surface area contributed by atoms with Gasteiger partial charge < -0.3 is 10.1 Å². The van der Waals surface area contributed by atoms with E-state index in [9.17, 15) is 22.4 Å². The third-order valence-electron chi connectivity index (χ3n) is 4.19. The molecule has 0 heterocycles. The van der Waals surface area contributed by atoms with Crippen molar-refractivity contribution in [3.8, 4) is 0 Å². The molecule has 0 aliphatic carbocycles. The summed E-state index contributed by atoms with van der Waals surface area (Å²) in [6.45, 7) is -0.535. The van der Waals surface area contributed by atoms with Gasteiger partial charge in [0, 0.05) is 10.6 Å².